The van der Waals surface area contributed by atoms with Crippen molar-refractivity contribution in [3.8, 4) is 0 Å². The van der Waals surface area contributed by atoms with E-state index in [0.717, 1.165) is 5.56 Å². The normalized spacial score (nSPS) is 10.9. The highest BCUT2D eigenvalue weighted by Gasteiger charge is 2.21. The third-order valence-electron chi connectivity index (χ3n) is 4.32. The first kappa shape index (κ1) is 18.0. The molecule has 0 atom stereocenters. The van der Waals surface area contributed by atoms with Crippen molar-refractivity contribution in [2.75, 3.05) is 0 Å². The molecule has 0 amide bonds. The Balaban J connectivity index is 1.79. The van der Waals surface area contributed by atoms with Crippen LogP contribution in [0.15, 0.2) is 84.0 Å². The Hall–Kier alpha value is -3.38. The number of rotatable bonds is 5. The molecular formula is C22H15N2O3S-. The molecule has 0 spiro atoms. The van der Waals surface area contributed by atoms with Gasteiger partial charge in [0.05, 0.1) is 17.0 Å². The molecule has 0 radical (unpaired) electrons. The van der Waals surface area contributed by atoms with Crippen molar-refractivity contribution in [1.29, 1.82) is 0 Å². The number of carbonyl (C=O) groups is 2. The molecule has 0 N–H and O–H groups in total. The van der Waals surface area contributed by atoms with E-state index in [-0.39, 0.29) is 11.1 Å². The van der Waals surface area contributed by atoms with E-state index in [0.29, 0.717) is 21.9 Å². The van der Waals surface area contributed by atoms with E-state index < -0.39 is 11.9 Å². The monoisotopic (exact) mass is 387 g/mol. The molecule has 0 saturated carbocycles. The van der Waals surface area contributed by atoms with Crippen LogP contribution in [0.2, 0.25) is 0 Å². The summed E-state index contributed by atoms with van der Waals surface area (Å²) < 4.78 is 1.48. The standard InChI is InChI=1S/C22H16N2O3S/c25-20(16-10-4-5-11-17(16)21(26)27)24-19-13-7-6-12-18(19)23-22(24)28-14-15-8-2-1-3-9-15/h1-13H,14H2,(H,26,27)/p-1. The average Bonchev–Trinajstić information content (AvgIpc) is 3.11. The fraction of sp³-hybridized carbons (Fsp3) is 0.0455. The molecule has 0 unspecified atom stereocenters. The van der Waals surface area contributed by atoms with E-state index in [4.69, 9.17) is 0 Å². The minimum atomic E-state index is -1.38. The number of aromatic nitrogens is 2. The van der Waals surface area contributed by atoms with Gasteiger partial charge in [0.25, 0.3) is 5.91 Å². The Labute approximate surface area is 165 Å². The fourth-order valence-corrected chi connectivity index (χ4v) is 3.95. The van der Waals surface area contributed by atoms with Crippen LogP contribution in [0.5, 0.6) is 0 Å². The Morgan fingerprint density at radius 2 is 1.50 bits per heavy atom. The Bertz CT molecular complexity index is 1170. The number of hydrogen-bond acceptors (Lipinski definition) is 5. The minimum Gasteiger partial charge on any atom is -0.545 e. The number of hydrogen-bond donors (Lipinski definition) is 0. The van der Waals surface area contributed by atoms with Crippen LogP contribution in [-0.4, -0.2) is 21.4 Å². The van der Waals surface area contributed by atoms with E-state index in [1.807, 2.05) is 48.5 Å². The number of thioether (sulfide) groups is 1. The lowest BCUT2D eigenvalue weighted by Gasteiger charge is -2.12. The molecule has 4 rings (SSSR count). The Morgan fingerprint density at radius 3 is 2.25 bits per heavy atom. The highest BCUT2D eigenvalue weighted by molar-refractivity contribution is 7.98. The first-order chi connectivity index (χ1) is 13.6. The van der Waals surface area contributed by atoms with E-state index in [1.54, 1.807) is 18.2 Å². The van der Waals surface area contributed by atoms with Crippen molar-refractivity contribution in [3.05, 3.63) is 95.6 Å². The van der Waals surface area contributed by atoms with Gasteiger partial charge < -0.3 is 9.90 Å². The van der Waals surface area contributed by atoms with E-state index >= 15 is 0 Å². The van der Waals surface area contributed by atoms with Crippen molar-refractivity contribution < 1.29 is 14.7 Å². The van der Waals surface area contributed by atoms with Gasteiger partial charge in [0.15, 0.2) is 5.16 Å². The molecule has 5 nitrogen and oxygen atoms in total. The molecule has 0 saturated heterocycles. The zero-order valence-corrected chi connectivity index (χ0v) is 15.6. The summed E-state index contributed by atoms with van der Waals surface area (Å²) in [6.45, 7) is 0. The van der Waals surface area contributed by atoms with Crippen LogP contribution >= 0.6 is 11.8 Å². The maximum absolute atomic E-state index is 13.3. The topological polar surface area (TPSA) is 75.0 Å². The largest absolute Gasteiger partial charge is 0.545 e. The molecule has 1 heterocycles. The number of carbonyl (C=O) groups excluding carboxylic acids is 2. The van der Waals surface area contributed by atoms with Crippen molar-refractivity contribution >= 4 is 34.7 Å². The summed E-state index contributed by atoms with van der Waals surface area (Å²) in [5.74, 6) is -1.18. The van der Waals surface area contributed by atoms with Crippen molar-refractivity contribution in [2.45, 2.75) is 10.9 Å². The van der Waals surface area contributed by atoms with Gasteiger partial charge in [0, 0.05) is 16.9 Å². The number of para-hydroxylation sites is 2. The van der Waals surface area contributed by atoms with Gasteiger partial charge in [-0.3, -0.25) is 9.36 Å². The zero-order chi connectivity index (χ0) is 19.5. The predicted octanol–water partition coefficient (Wildman–Crippen LogP) is 3.38. The molecule has 0 aliphatic carbocycles. The van der Waals surface area contributed by atoms with Crippen LogP contribution in [0.3, 0.4) is 0 Å². The van der Waals surface area contributed by atoms with Gasteiger partial charge in [0.1, 0.15) is 0 Å². The third kappa shape index (κ3) is 3.42. The third-order valence-corrected chi connectivity index (χ3v) is 5.33. The lowest BCUT2D eigenvalue weighted by Crippen LogP contribution is -2.26. The molecule has 6 heteroatoms. The molecular weight excluding hydrogens is 372 g/mol. The number of benzene rings is 3. The lowest BCUT2D eigenvalue weighted by atomic mass is 10.1. The second-order valence-electron chi connectivity index (χ2n) is 6.13. The van der Waals surface area contributed by atoms with Gasteiger partial charge in [-0.1, -0.05) is 72.4 Å². The van der Waals surface area contributed by atoms with Gasteiger partial charge in [-0.15, -0.1) is 0 Å². The number of aromatic carboxylic acids is 1. The highest BCUT2D eigenvalue weighted by Crippen LogP contribution is 2.28. The van der Waals surface area contributed by atoms with Gasteiger partial charge in [-0.2, -0.15) is 0 Å². The summed E-state index contributed by atoms with van der Waals surface area (Å²) in [5, 5.41) is 12.0. The molecule has 0 fully saturated rings. The maximum atomic E-state index is 13.3. The number of nitrogens with zero attached hydrogens (tertiary/aromatic N) is 2. The molecule has 138 valence electrons. The molecule has 0 aliphatic rings. The first-order valence-corrected chi connectivity index (χ1v) is 9.63. The highest BCUT2D eigenvalue weighted by atomic mass is 32.2. The molecule has 1 aromatic heterocycles. The Kier molecular flexibility index (Phi) is 4.95. The maximum Gasteiger partial charge on any atom is 0.265 e. The van der Waals surface area contributed by atoms with Crippen LogP contribution in [0.1, 0.15) is 26.3 Å². The van der Waals surface area contributed by atoms with Gasteiger partial charge in [0.2, 0.25) is 0 Å². The summed E-state index contributed by atoms with van der Waals surface area (Å²) in [5.41, 5.74) is 2.36. The molecule has 28 heavy (non-hydrogen) atoms. The summed E-state index contributed by atoms with van der Waals surface area (Å²) in [4.78, 5) is 29.3. The zero-order valence-electron chi connectivity index (χ0n) is 14.7. The van der Waals surface area contributed by atoms with Crippen molar-refractivity contribution in [1.82, 2.24) is 9.55 Å². The predicted molar refractivity (Wildman–Crippen MR) is 106 cm³/mol. The second kappa shape index (κ2) is 7.70. The smallest absolute Gasteiger partial charge is 0.265 e. The van der Waals surface area contributed by atoms with Crippen molar-refractivity contribution in [3.63, 3.8) is 0 Å². The minimum absolute atomic E-state index is 0.0761. The van der Waals surface area contributed by atoms with Crippen LogP contribution in [0.4, 0.5) is 0 Å². The van der Waals surface area contributed by atoms with E-state index in [1.165, 1.54) is 28.5 Å². The summed E-state index contributed by atoms with van der Waals surface area (Å²) in [7, 11) is 0. The molecule has 3 aromatic carbocycles. The van der Waals surface area contributed by atoms with Gasteiger partial charge in [-0.05, 0) is 23.8 Å². The summed E-state index contributed by atoms with van der Waals surface area (Å²) in [6, 6.07) is 23.3. The number of carboxylic acids is 1. The number of imidazole rings is 1. The number of fused-ring (bicyclic) bond motifs is 1. The average molecular weight is 387 g/mol. The fourth-order valence-electron chi connectivity index (χ4n) is 2.99. The van der Waals surface area contributed by atoms with E-state index in [9.17, 15) is 14.7 Å². The lowest BCUT2D eigenvalue weighted by molar-refractivity contribution is -0.255. The van der Waals surface area contributed by atoms with Crippen molar-refractivity contribution in [2.24, 2.45) is 0 Å². The second-order valence-corrected chi connectivity index (χ2v) is 7.07. The molecule has 0 aliphatic heterocycles. The molecule has 4 aromatic rings. The van der Waals surface area contributed by atoms with E-state index in [2.05, 4.69) is 4.98 Å². The Morgan fingerprint density at radius 1 is 0.857 bits per heavy atom. The molecule has 0 bridgehead atoms. The van der Waals surface area contributed by atoms with Gasteiger partial charge >= 0.3 is 0 Å². The SMILES string of the molecule is O=C([O-])c1ccccc1C(=O)n1c(SCc2ccccc2)nc2ccccc21. The van der Waals surface area contributed by atoms with Crippen LogP contribution in [0, 0.1) is 0 Å². The first-order valence-electron chi connectivity index (χ1n) is 8.64. The quantitative estimate of drug-likeness (QED) is 0.491. The summed E-state index contributed by atoms with van der Waals surface area (Å²) >= 11 is 1.43. The van der Waals surface area contributed by atoms with Crippen LogP contribution < -0.4 is 5.11 Å². The van der Waals surface area contributed by atoms with Crippen LogP contribution in [-0.2, 0) is 5.75 Å². The summed E-state index contributed by atoms with van der Waals surface area (Å²) in [6.07, 6.45) is 0. The van der Waals surface area contributed by atoms with Crippen LogP contribution in [0.25, 0.3) is 11.0 Å². The number of carboxylic acid groups (broad SMARTS) is 1. The van der Waals surface area contributed by atoms with Gasteiger partial charge in [-0.25, -0.2) is 4.98 Å².